The maximum absolute atomic E-state index is 12.0. The number of para-hydroxylation sites is 2. The van der Waals surface area contributed by atoms with Crippen molar-refractivity contribution in [1.29, 1.82) is 0 Å². The first-order valence-electron chi connectivity index (χ1n) is 7.02. The van der Waals surface area contributed by atoms with E-state index in [1.165, 1.54) is 0 Å². The lowest BCUT2D eigenvalue weighted by molar-refractivity contribution is -0.134. The molecule has 2 N–H and O–H groups in total. The van der Waals surface area contributed by atoms with Crippen LogP contribution < -0.4 is 20.3 Å². The number of nitrogens with one attached hydrogen (secondary N) is 2. The highest BCUT2D eigenvalue weighted by Gasteiger charge is 2.27. The third-order valence-corrected chi connectivity index (χ3v) is 3.78. The topological polar surface area (TPSA) is 116 Å². The molecule has 0 saturated carbocycles. The van der Waals surface area contributed by atoms with Gasteiger partial charge in [-0.1, -0.05) is 23.9 Å². The predicted molar refractivity (Wildman–Crippen MR) is 82.4 cm³/mol. The molecule has 0 radical (unpaired) electrons. The standard InChI is InChI=1S/C14H14N4O5S/c1-8-15-18-14(22-8)24-7-12(19)16-17-13(20)11-6-21-9-4-2-3-5-10(9)23-11/h2-5,11H,6-7H2,1H3,(H,16,19)(H,17,20)/t11-/m1/s1. The average molecular weight is 350 g/mol. The maximum atomic E-state index is 12.0. The van der Waals surface area contributed by atoms with E-state index in [0.29, 0.717) is 17.4 Å². The number of hydrogen-bond acceptors (Lipinski definition) is 8. The number of fused-ring (bicyclic) bond motifs is 1. The molecule has 0 saturated heterocycles. The first-order valence-corrected chi connectivity index (χ1v) is 8.00. The number of carbonyl (C=O) groups excluding carboxylic acids is 2. The maximum Gasteiger partial charge on any atom is 0.283 e. The summed E-state index contributed by atoms with van der Waals surface area (Å²) in [7, 11) is 0. The number of thioether (sulfide) groups is 1. The highest BCUT2D eigenvalue weighted by molar-refractivity contribution is 7.99. The Morgan fingerprint density at radius 3 is 2.79 bits per heavy atom. The van der Waals surface area contributed by atoms with Crippen LogP contribution in [0.4, 0.5) is 0 Å². The van der Waals surface area contributed by atoms with Crippen molar-refractivity contribution in [1.82, 2.24) is 21.0 Å². The molecule has 126 valence electrons. The zero-order chi connectivity index (χ0) is 16.9. The lowest BCUT2D eigenvalue weighted by Gasteiger charge is -2.25. The van der Waals surface area contributed by atoms with Crippen molar-refractivity contribution in [2.75, 3.05) is 12.4 Å². The lowest BCUT2D eigenvalue weighted by atomic mass is 10.2. The van der Waals surface area contributed by atoms with Crippen LogP contribution in [-0.4, -0.2) is 40.5 Å². The van der Waals surface area contributed by atoms with Gasteiger partial charge < -0.3 is 13.9 Å². The Hall–Kier alpha value is -2.75. The Labute approximate surface area is 141 Å². The summed E-state index contributed by atoms with van der Waals surface area (Å²) in [4.78, 5) is 23.7. The predicted octanol–water partition coefficient (Wildman–Crippen LogP) is 0.458. The number of aryl methyl sites for hydroxylation is 1. The smallest absolute Gasteiger partial charge is 0.283 e. The van der Waals surface area contributed by atoms with Gasteiger partial charge in [-0.15, -0.1) is 10.2 Å². The molecule has 2 heterocycles. The van der Waals surface area contributed by atoms with Gasteiger partial charge in [-0.25, -0.2) is 0 Å². The van der Waals surface area contributed by atoms with E-state index in [-0.39, 0.29) is 17.6 Å². The van der Waals surface area contributed by atoms with Crippen LogP contribution in [0.2, 0.25) is 0 Å². The number of ether oxygens (including phenoxy) is 2. The zero-order valence-corrected chi connectivity index (χ0v) is 13.5. The molecular formula is C14H14N4O5S. The molecule has 1 atom stereocenters. The van der Waals surface area contributed by atoms with Crippen LogP contribution in [0.1, 0.15) is 5.89 Å². The minimum absolute atomic E-state index is 0.0206. The molecule has 0 bridgehead atoms. The van der Waals surface area contributed by atoms with Gasteiger partial charge in [0.2, 0.25) is 17.9 Å². The molecule has 3 rings (SSSR count). The molecular weight excluding hydrogens is 336 g/mol. The summed E-state index contributed by atoms with van der Waals surface area (Å²) < 4.78 is 16.1. The van der Waals surface area contributed by atoms with Crippen molar-refractivity contribution in [3.8, 4) is 11.5 Å². The van der Waals surface area contributed by atoms with Crippen LogP contribution in [0.3, 0.4) is 0 Å². The summed E-state index contributed by atoms with van der Waals surface area (Å²) in [6.07, 6.45) is -0.841. The first kappa shape index (κ1) is 16.1. The van der Waals surface area contributed by atoms with Gasteiger partial charge in [0.15, 0.2) is 11.5 Å². The Balaban J connectivity index is 1.43. The monoisotopic (exact) mass is 350 g/mol. The number of rotatable bonds is 4. The number of aromatic nitrogens is 2. The van der Waals surface area contributed by atoms with E-state index >= 15 is 0 Å². The number of hydrazine groups is 1. The van der Waals surface area contributed by atoms with E-state index in [9.17, 15) is 9.59 Å². The van der Waals surface area contributed by atoms with Crippen LogP contribution in [0.25, 0.3) is 0 Å². The van der Waals surface area contributed by atoms with Gasteiger partial charge in [0, 0.05) is 6.92 Å². The molecule has 2 aromatic rings. The van der Waals surface area contributed by atoms with Gasteiger partial charge in [0.1, 0.15) is 6.61 Å². The van der Waals surface area contributed by atoms with Crippen molar-refractivity contribution in [2.24, 2.45) is 0 Å². The fourth-order valence-corrected chi connectivity index (χ4v) is 2.47. The van der Waals surface area contributed by atoms with E-state index in [2.05, 4.69) is 21.0 Å². The molecule has 1 aromatic carbocycles. The van der Waals surface area contributed by atoms with Crippen molar-refractivity contribution < 1.29 is 23.5 Å². The summed E-state index contributed by atoms with van der Waals surface area (Å²) in [5.41, 5.74) is 4.60. The van der Waals surface area contributed by atoms with Gasteiger partial charge in [0.25, 0.3) is 11.1 Å². The first-order chi connectivity index (χ1) is 11.6. The molecule has 24 heavy (non-hydrogen) atoms. The van der Waals surface area contributed by atoms with Crippen molar-refractivity contribution in [3.63, 3.8) is 0 Å². The van der Waals surface area contributed by atoms with E-state index in [0.717, 1.165) is 11.8 Å². The van der Waals surface area contributed by atoms with Gasteiger partial charge in [-0.05, 0) is 12.1 Å². The third-order valence-electron chi connectivity index (χ3n) is 2.96. The minimum atomic E-state index is -0.841. The molecule has 10 heteroatoms. The molecule has 0 aliphatic carbocycles. The second kappa shape index (κ2) is 7.21. The summed E-state index contributed by atoms with van der Waals surface area (Å²) in [5, 5.41) is 7.69. The van der Waals surface area contributed by atoms with E-state index < -0.39 is 17.9 Å². The van der Waals surface area contributed by atoms with E-state index in [1.54, 1.807) is 25.1 Å². The summed E-state index contributed by atoms with van der Waals surface area (Å²) >= 11 is 1.07. The molecule has 9 nitrogen and oxygen atoms in total. The van der Waals surface area contributed by atoms with Crippen LogP contribution in [0.5, 0.6) is 11.5 Å². The molecule has 1 aliphatic heterocycles. The van der Waals surface area contributed by atoms with Crippen LogP contribution in [0.15, 0.2) is 33.9 Å². The van der Waals surface area contributed by atoms with Crippen LogP contribution in [-0.2, 0) is 9.59 Å². The highest BCUT2D eigenvalue weighted by atomic mass is 32.2. The van der Waals surface area contributed by atoms with Crippen molar-refractivity contribution in [3.05, 3.63) is 30.2 Å². The Kier molecular flexibility index (Phi) is 4.85. The number of amides is 2. The molecule has 1 aromatic heterocycles. The average Bonchev–Trinajstić information content (AvgIpc) is 3.02. The molecule has 1 aliphatic rings. The molecule has 2 amide bonds. The fraction of sp³-hybridized carbons (Fsp3) is 0.286. The van der Waals surface area contributed by atoms with Gasteiger partial charge >= 0.3 is 0 Å². The molecule has 0 unspecified atom stereocenters. The Morgan fingerprint density at radius 1 is 1.25 bits per heavy atom. The van der Waals surface area contributed by atoms with Crippen LogP contribution >= 0.6 is 11.8 Å². The van der Waals surface area contributed by atoms with Gasteiger partial charge in [-0.2, -0.15) is 0 Å². The second-order valence-corrected chi connectivity index (χ2v) is 5.70. The Bertz CT molecular complexity index is 750. The molecule has 0 spiro atoms. The number of benzene rings is 1. The summed E-state index contributed by atoms with van der Waals surface area (Å²) in [6, 6.07) is 7.05. The third kappa shape index (κ3) is 3.96. The number of hydrogen-bond donors (Lipinski definition) is 2. The SMILES string of the molecule is Cc1nnc(SCC(=O)NNC(=O)[C@H]2COc3ccccc3O2)o1. The minimum Gasteiger partial charge on any atom is -0.485 e. The van der Waals surface area contributed by atoms with Gasteiger partial charge in [-0.3, -0.25) is 20.4 Å². The lowest BCUT2D eigenvalue weighted by Crippen LogP contribution is -2.51. The largest absolute Gasteiger partial charge is 0.485 e. The number of nitrogens with zero attached hydrogens (tertiary/aromatic N) is 2. The van der Waals surface area contributed by atoms with Crippen molar-refractivity contribution >= 4 is 23.6 Å². The quantitative estimate of drug-likeness (QED) is 0.603. The van der Waals surface area contributed by atoms with E-state index in [1.807, 2.05) is 6.07 Å². The Morgan fingerprint density at radius 2 is 2.04 bits per heavy atom. The van der Waals surface area contributed by atoms with Crippen molar-refractivity contribution in [2.45, 2.75) is 18.3 Å². The van der Waals surface area contributed by atoms with Gasteiger partial charge in [0.05, 0.1) is 5.75 Å². The fourth-order valence-electron chi connectivity index (χ4n) is 1.86. The molecule has 0 fully saturated rings. The summed E-state index contributed by atoms with van der Waals surface area (Å²) in [5.74, 6) is 0.584. The summed E-state index contributed by atoms with van der Waals surface area (Å²) in [6.45, 7) is 1.72. The highest BCUT2D eigenvalue weighted by Crippen LogP contribution is 2.30. The van der Waals surface area contributed by atoms with Crippen LogP contribution in [0, 0.1) is 6.92 Å². The number of carbonyl (C=O) groups is 2. The normalized spacial score (nSPS) is 15.6. The second-order valence-electron chi connectivity index (χ2n) is 4.78. The zero-order valence-electron chi connectivity index (χ0n) is 12.6. The van der Waals surface area contributed by atoms with E-state index in [4.69, 9.17) is 13.9 Å².